The monoisotopic (exact) mass is 427 g/mol. The average Bonchev–Trinajstić information content (AvgIpc) is 2.56. The van der Waals surface area contributed by atoms with Gasteiger partial charge >= 0.3 is 6.61 Å². The molecule has 0 radical (unpaired) electrons. The summed E-state index contributed by atoms with van der Waals surface area (Å²) in [6, 6.07) is 7.79. The number of hydrogen-bond acceptors (Lipinski definition) is 5. The molecule has 142 valence electrons. The number of nitrogens with one attached hydrogen (secondary N) is 1. The summed E-state index contributed by atoms with van der Waals surface area (Å²) in [5, 5.41) is -0.150. The maximum absolute atomic E-state index is 12.5. The fourth-order valence-corrected chi connectivity index (χ4v) is 3.45. The van der Waals surface area contributed by atoms with Crippen LogP contribution < -0.4 is 18.9 Å². The molecular formula is C15H13Cl2F2NO5S. The predicted octanol–water partition coefficient (Wildman–Crippen LogP) is 3.94. The second-order valence-electron chi connectivity index (χ2n) is 4.93. The number of sulfonamides is 1. The number of rotatable bonds is 5. The molecule has 26 heavy (non-hydrogen) atoms. The van der Waals surface area contributed by atoms with Gasteiger partial charge in [-0.1, -0.05) is 11.6 Å². The molecule has 0 fully saturated rings. The van der Waals surface area contributed by atoms with Crippen LogP contribution in [0.1, 0.15) is 0 Å². The van der Waals surface area contributed by atoms with Gasteiger partial charge in [0.25, 0.3) is 10.0 Å². The minimum absolute atomic E-state index is 0. The van der Waals surface area contributed by atoms with Crippen LogP contribution in [0.2, 0.25) is 5.02 Å². The molecule has 1 N–H and O–H groups in total. The van der Waals surface area contributed by atoms with Crippen LogP contribution in [0.15, 0.2) is 41.3 Å². The van der Waals surface area contributed by atoms with Crippen molar-refractivity contribution in [1.82, 2.24) is 0 Å². The largest absolute Gasteiger partial charge is 0.486 e. The van der Waals surface area contributed by atoms with Gasteiger partial charge in [0, 0.05) is 6.07 Å². The summed E-state index contributed by atoms with van der Waals surface area (Å²) in [7, 11) is -3.93. The third-order valence-electron chi connectivity index (χ3n) is 3.22. The Hall–Kier alpha value is -1.97. The van der Waals surface area contributed by atoms with E-state index in [1.54, 1.807) is 0 Å². The summed E-state index contributed by atoms with van der Waals surface area (Å²) >= 11 is 5.81. The smallest absolute Gasteiger partial charge is 0.387 e. The van der Waals surface area contributed by atoms with Gasteiger partial charge in [0.15, 0.2) is 11.5 Å². The minimum atomic E-state index is -3.93. The first-order valence-corrected chi connectivity index (χ1v) is 8.88. The zero-order chi connectivity index (χ0) is 18.0. The molecule has 11 heteroatoms. The highest BCUT2D eigenvalue weighted by atomic mass is 35.5. The van der Waals surface area contributed by atoms with Gasteiger partial charge in [-0.3, -0.25) is 4.72 Å². The van der Waals surface area contributed by atoms with Crippen LogP contribution in [0.4, 0.5) is 14.5 Å². The van der Waals surface area contributed by atoms with E-state index in [2.05, 4.69) is 9.46 Å². The molecular weight excluding hydrogens is 415 g/mol. The lowest BCUT2D eigenvalue weighted by molar-refractivity contribution is -0.0497. The normalized spacial score (nSPS) is 13.1. The third-order valence-corrected chi connectivity index (χ3v) is 4.90. The molecule has 0 aromatic heterocycles. The number of anilines is 1. The van der Waals surface area contributed by atoms with Gasteiger partial charge in [-0.15, -0.1) is 12.4 Å². The van der Waals surface area contributed by atoms with Crippen molar-refractivity contribution >= 4 is 39.7 Å². The number of hydrogen-bond donors (Lipinski definition) is 1. The summed E-state index contributed by atoms with van der Waals surface area (Å²) in [5.74, 6) is 0.536. The number of ether oxygens (including phenoxy) is 3. The van der Waals surface area contributed by atoms with Gasteiger partial charge in [-0.25, -0.2) is 8.42 Å². The van der Waals surface area contributed by atoms with Crippen LogP contribution in [0.25, 0.3) is 0 Å². The van der Waals surface area contributed by atoms with E-state index in [0.29, 0.717) is 24.7 Å². The molecule has 1 aliphatic rings. The quantitative estimate of drug-likeness (QED) is 0.781. The van der Waals surface area contributed by atoms with Gasteiger partial charge in [0.1, 0.15) is 19.0 Å². The first-order valence-electron chi connectivity index (χ1n) is 7.02. The standard InChI is InChI=1S/C15H12ClF2NO5S.ClH/c16-11-7-9(1-3-12(11)24-15(17)18)19-25(20,21)10-2-4-13-14(8-10)23-6-5-22-13;/h1-4,7-8,15,19H,5-6H2;1H. The van der Waals surface area contributed by atoms with E-state index in [0.717, 1.165) is 6.07 Å². The maximum Gasteiger partial charge on any atom is 0.387 e. The van der Waals surface area contributed by atoms with Gasteiger partial charge in [-0.05, 0) is 30.3 Å². The molecule has 1 heterocycles. The molecule has 0 spiro atoms. The Labute approximate surface area is 159 Å². The van der Waals surface area contributed by atoms with E-state index in [1.807, 2.05) is 0 Å². The molecule has 0 bridgehead atoms. The van der Waals surface area contributed by atoms with E-state index >= 15 is 0 Å². The fourth-order valence-electron chi connectivity index (χ4n) is 2.16. The first kappa shape index (κ1) is 20.3. The van der Waals surface area contributed by atoms with Crippen molar-refractivity contribution in [3.8, 4) is 17.2 Å². The van der Waals surface area contributed by atoms with E-state index in [4.69, 9.17) is 21.1 Å². The summed E-state index contributed by atoms with van der Waals surface area (Å²) in [4.78, 5) is -0.0409. The molecule has 6 nitrogen and oxygen atoms in total. The lowest BCUT2D eigenvalue weighted by atomic mass is 10.3. The molecule has 0 atom stereocenters. The van der Waals surface area contributed by atoms with Gasteiger partial charge < -0.3 is 14.2 Å². The molecule has 0 saturated carbocycles. The van der Waals surface area contributed by atoms with Crippen molar-refractivity contribution in [3.05, 3.63) is 41.4 Å². The summed E-state index contributed by atoms with van der Waals surface area (Å²) in [6.45, 7) is -2.31. The first-order chi connectivity index (χ1) is 11.8. The Morgan fingerprint density at radius 2 is 1.77 bits per heavy atom. The highest BCUT2D eigenvalue weighted by Gasteiger charge is 2.20. The molecule has 1 aliphatic heterocycles. The van der Waals surface area contributed by atoms with Crippen LogP contribution in [0.3, 0.4) is 0 Å². The number of halogens is 4. The van der Waals surface area contributed by atoms with Crippen LogP contribution in [-0.4, -0.2) is 28.2 Å². The lowest BCUT2D eigenvalue weighted by Gasteiger charge is -2.19. The van der Waals surface area contributed by atoms with E-state index < -0.39 is 16.6 Å². The zero-order valence-corrected chi connectivity index (χ0v) is 15.3. The minimum Gasteiger partial charge on any atom is -0.486 e. The van der Waals surface area contributed by atoms with Crippen LogP contribution >= 0.6 is 24.0 Å². The Bertz CT molecular complexity index is 896. The Balaban J connectivity index is 0.00000243. The van der Waals surface area contributed by atoms with Crippen LogP contribution in [-0.2, 0) is 10.0 Å². The van der Waals surface area contributed by atoms with Crippen molar-refractivity contribution in [2.45, 2.75) is 11.5 Å². The molecule has 0 aliphatic carbocycles. The van der Waals surface area contributed by atoms with Crippen molar-refractivity contribution in [3.63, 3.8) is 0 Å². The lowest BCUT2D eigenvalue weighted by Crippen LogP contribution is -2.17. The van der Waals surface area contributed by atoms with Crippen molar-refractivity contribution < 1.29 is 31.4 Å². The second-order valence-corrected chi connectivity index (χ2v) is 7.02. The molecule has 2 aromatic carbocycles. The van der Waals surface area contributed by atoms with Crippen molar-refractivity contribution in [2.24, 2.45) is 0 Å². The van der Waals surface area contributed by atoms with Crippen LogP contribution in [0, 0.1) is 0 Å². The Morgan fingerprint density at radius 1 is 1.08 bits per heavy atom. The molecule has 0 unspecified atom stereocenters. The van der Waals surface area contributed by atoms with Crippen molar-refractivity contribution in [2.75, 3.05) is 17.9 Å². The van der Waals surface area contributed by atoms with Gasteiger partial charge in [0.05, 0.1) is 15.6 Å². The zero-order valence-electron chi connectivity index (χ0n) is 12.9. The Morgan fingerprint density at radius 3 is 2.42 bits per heavy atom. The second kappa shape index (κ2) is 8.15. The SMILES string of the molecule is Cl.O=S(=O)(Nc1ccc(OC(F)F)c(Cl)c1)c1ccc2c(c1)OCCO2. The highest BCUT2D eigenvalue weighted by molar-refractivity contribution is 7.92. The molecule has 2 aromatic rings. The van der Waals surface area contributed by atoms with E-state index in [1.165, 1.54) is 30.3 Å². The van der Waals surface area contributed by atoms with Crippen molar-refractivity contribution in [1.29, 1.82) is 0 Å². The van der Waals surface area contributed by atoms with Gasteiger partial charge in [-0.2, -0.15) is 8.78 Å². The third kappa shape index (κ3) is 4.60. The average molecular weight is 428 g/mol. The fraction of sp³-hybridized carbons (Fsp3) is 0.200. The predicted molar refractivity (Wildman–Crippen MR) is 93.6 cm³/mol. The van der Waals surface area contributed by atoms with Crippen LogP contribution in [0.5, 0.6) is 17.2 Å². The van der Waals surface area contributed by atoms with E-state index in [-0.39, 0.29) is 33.8 Å². The molecule has 3 rings (SSSR count). The summed E-state index contributed by atoms with van der Waals surface area (Å²) < 4.78 is 66.6. The van der Waals surface area contributed by atoms with Gasteiger partial charge in [0.2, 0.25) is 0 Å². The summed E-state index contributed by atoms with van der Waals surface area (Å²) in [6.07, 6.45) is 0. The number of alkyl halides is 2. The Kier molecular flexibility index (Phi) is 6.38. The summed E-state index contributed by atoms with van der Waals surface area (Å²) in [5.41, 5.74) is 0.0986. The highest BCUT2D eigenvalue weighted by Crippen LogP contribution is 2.34. The van der Waals surface area contributed by atoms with E-state index in [9.17, 15) is 17.2 Å². The number of benzene rings is 2. The topological polar surface area (TPSA) is 73.9 Å². The molecule has 0 saturated heterocycles. The maximum atomic E-state index is 12.5. The number of fused-ring (bicyclic) bond motifs is 1. The molecule has 0 amide bonds.